The van der Waals surface area contributed by atoms with Crippen molar-refractivity contribution >= 4 is 5.69 Å². The molecule has 0 saturated carbocycles. The molecule has 0 bridgehead atoms. The lowest BCUT2D eigenvalue weighted by atomic mass is 9.99. The molecule has 0 saturated heterocycles. The van der Waals surface area contributed by atoms with Crippen LogP contribution in [0.25, 0.3) is 0 Å². The Hall–Kier alpha value is -1.09. The molecule has 0 fully saturated rings. The fourth-order valence-electron chi connectivity index (χ4n) is 1.45. The number of hydrogen-bond donors (Lipinski definition) is 1. The Bertz CT molecular complexity index is 310. The topological polar surface area (TPSA) is 29.3 Å². The largest absolute Gasteiger partial charge is 0.377 e. The van der Waals surface area contributed by atoms with Gasteiger partial charge in [-0.05, 0) is 30.2 Å². The summed E-state index contributed by atoms with van der Waals surface area (Å²) in [4.78, 5) is 1.91. The van der Waals surface area contributed by atoms with E-state index < -0.39 is 0 Å². The van der Waals surface area contributed by atoms with Crippen LogP contribution in [0.4, 0.5) is 10.1 Å². The molecule has 1 aromatic carbocycles. The molecule has 0 aliphatic rings. The maximum Gasteiger partial charge on any atom is 0.125 e. The molecule has 1 unspecified atom stereocenters. The summed E-state index contributed by atoms with van der Waals surface area (Å²) in [6.45, 7) is 2.62. The zero-order chi connectivity index (χ0) is 10.7. The van der Waals surface area contributed by atoms with Gasteiger partial charge in [-0.3, -0.25) is 0 Å². The van der Waals surface area contributed by atoms with Gasteiger partial charge in [0.25, 0.3) is 0 Å². The Balaban J connectivity index is 3.14. The van der Waals surface area contributed by atoms with Crippen molar-refractivity contribution in [2.45, 2.75) is 12.8 Å². The van der Waals surface area contributed by atoms with Crippen molar-refractivity contribution in [3.05, 3.63) is 29.6 Å². The average molecular weight is 196 g/mol. The number of rotatable bonds is 3. The zero-order valence-electron chi connectivity index (χ0n) is 8.92. The van der Waals surface area contributed by atoms with Gasteiger partial charge in [-0.2, -0.15) is 0 Å². The molecule has 1 atom stereocenters. The lowest BCUT2D eigenvalue weighted by molar-refractivity contribution is 0.625. The second kappa shape index (κ2) is 4.42. The van der Waals surface area contributed by atoms with E-state index in [2.05, 4.69) is 0 Å². The van der Waals surface area contributed by atoms with Gasteiger partial charge in [-0.15, -0.1) is 0 Å². The van der Waals surface area contributed by atoms with Gasteiger partial charge in [0.05, 0.1) is 0 Å². The van der Waals surface area contributed by atoms with Gasteiger partial charge in [-0.25, -0.2) is 4.39 Å². The predicted octanol–water partition coefficient (Wildman–Crippen LogP) is 1.95. The highest BCUT2D eigenvalue weighted by molar-refractivity contribution is 5.54. The summed E-state index contributed by atoms with van der Waals surface area (Å²) in [5.41, 5.74) is 7.60. The first kappa shape index (κ1) is 11.0. The van der Waals surface area contributed by atoms with Gasteiger partial charge >= 0.3 is 0 Å². The Morgan fingerprint density at radius 2 is 2.07 bits per heavy atom. The number of nitrogens with two attached hydrogens (primary N) is 1. The zero-order valence-corrected chi connectivity index (χ0v) is 8.92. The first-order valence-corrected chi connectivity index (χ1v) is 4.73. The Kier molecular flexibility index (Phi) is 3.47. The number of nitrogens with zero attached hydrogens (tertiary/aromatic N) is 1. The quantitative estimate of drug-likeness (QED) is 0.800. The van der Waals surface area contributed by atoms with E-state index in [0.717, 1.165) is 11.3 Å². The molecule has 0 radical (unpaired) electrons. The summed E-state index contributed by atoms with van der Waals surface area (Å²) in [5.74, 6) is 0.0506. The number of hydrogen-bond acceptors (Lipinski definition) is 2. The van der Waals surface area contributed by atoms with Gasteiger partial charge < -0.3 is 10.6 Å². The minimum absolute atomic E-state index is 0.207. The standard InChI is InChI=1S/C11H17FN2/c1-8(7-13)10-5-4-9(12)6-11(10)14(2)3/h4-6,8H,7,13H2,1-3H3. The lowest BCUT2D eigenvalue weighted by Crippen LogP contribution is -2.16. The highest BCUT2D eigenvalue weighted by Crippen LogP contribution is 2.26. The van der Waals surface area contributed by atoms with Gasteiger partial charge in [0.2, 0.25) is 0 Å². The number of benzene rings is 1. The third-order valence-corrected chi connectivity index (χ3v) is 2.36. The monoisotopic (exact) mass is 196 g/mol. The molecule has 1 rings (SSSR count). The molecule has 2 nitrogen and oxygen atoms in total. The van der Waals surface area contributed by atoms with Crippen molar-refractivity contribution in [1.29, 1.82) is 0 Å². The molecule has 0 heterocycles. The Morgan fingerprint density at radius 3 is 2.57 bits per heavy atom. The molecular formula is C11H17FN2. The lowest BCUT2D eigenvalue weighted by Gasteiger charge is -2.20. The van der Waals surface area contributed by atoms with Crippen molar-refractivity contribution in [3.8, 4) is 0 Å². The molecule has 0 aromatic heterocycles. The van der Waals surface area contributed by atoms with Crippen LogP contribution in [-0.2, 0) is 0 Å². The smallest absolute Gasteiger partial charge is 0.125 e. The van der Waals surface area contributed by atoms with Crippen molar-refractivity contribution in [1.82, 2.24) is 0 Å². The Labute approximate surface area is 84.5 Å². The number of halogens is 1. The van der Waals surface area contributed by atoms with Gasteiger partial charge in [-0.1, -0.05) is 13.0 Å². The van der Waals surface area contributed by atoms with E-state index in [0.29, 0.717) is 6.54 Å². The van der Waals surface area contributed by atoms with Gasteiger partial charge in [0.1, 0.15) is 5.82 Å². The molecule has 0 aliphatic heterocycles. The second-order valence-corrected chi connectivity index (χ2v) is 3.73. The Morgan fingerprint density at radius 1 is 1.43 bits per heavy atom. The van der Waals surface area contributed by atoms with Crippen molar-refractivity contribution in [2.75, 3.05) is 25.5 Å². The van der Waals surface area contributed by atoms with E-state index in [9.17, 15) is 4.39 Å². The van der Waals surface area contributed by atoms with Crippen molar-refractivity contribution in [3.63, 3.8) is 0 Å². The van der Waals surface area contributed by atoms with Crippen molar-refractivity contribution in [2.24, 2.45) is 5.73 Å². The molecular weight excluding hydrogens is 179 g/mol. The first-order chi connectivity index (χ1) is 6.56. The minimum Gasteiger partial charge on any atom is -0.377 e. The molecule has 14 heavy (non-hydrogen) atoms. The van der Waals surface area contributed by atoms with E-state index >= 15 is 0 Å². The molecule has 2 N–H and O–H groups in total. The van der Waals surface area contributed by atoms with Crippen LogP contribution in [0.1, 0.15) is 18.4 Å². The van der Waals surface area contributed by atoms with Crippen LogP contribution < -0.4 is 10.6 Å². The van der Waals surface area contributed by atoms with Crippen LogP contribution >= 0.6 is 0 Å². The summed E-state index contributed by atoms with van der Waals surface area (Å²) in [7, 11) is 3.81. The molecule has 0 amide bonds. The molecule has 0 spiro atoms. The summed E-state index contributed by atoms with van der Waals surface area (Å²) in [6, 6.07) is 4.83. The van der Waals surface area contributed by atoms with Gasteiger partial charge in [0.15, 0.2) is 0 Å². The second-order valence-electron chi connectivity index (χ2n) is 3.73. The highest BCUT2D eigenvalue weighted by Gasteiger charge is 2.11. The molecule has 78 valence electrons. The summed E-state index contributed by atoms with van der Waals surface area (Å²) in [6.07, 6.45) is 0. The van der Waals surface area contributed by atoms with E-state index in [4.69, 9.17) is 5.73 Å². The summed E-state index contributed by atoms with van der Waals surface area (Å²) >= 11 is 0. The maximum atomic E-state index is 13.0. The fourth-order valence-corrected chi connectivity index (χ4v) is 1.45. The van der Waals surface area contributed by atoms with E-state index in [1.54, 1.807) is 6.07 Å². The SMILES string of the molecule is CC(CN)c1ccc(F)cc1N(C)C. The van der Waals surface area contributed by atoms with E-state index in [1.165, 1.54) is 6.07 Å². The van der Waals surface area contributed by atoms with Crippen LogP contribution in [0.5, 0.6) is 0 Å². The predicted molar refractivity (Wildman–Crippen MR) is 58.2 cm³/mol. The normalized spacial score (nSPS) is 12.6. The molecule has 0 aliphatic carbocycles. The maximum absolute atomic E-state index is 13.0. The molecule has 3 heteroatoms. The van der Waals surface area contributed by atoms with Gasteiger partial charge in [0, 0.05) is 19.8 Å². The third kappa shape index (κ3) is 2.23. The van der Waals surface area contributed by atoms with Crippen LogP contribution in [0.2, 0.25) is 0 Å². The van der Waals surface area contributed by atoms with Crippen LogP contribution in [0.15, 0.2) is 18.2 Å². The molecule has 1 aromatic rings. The number of anilines is 1. The van der Waals surface area contributed by atoms with E-state index in [-0.39, 0.29) is 11.7 Å². The summed E-state index contributed by atoms with van der Waals surface area (Å²) < 4.78 is 13.0. The van der Waals surface area contributed by atoms with Crippen LogP contribution in [-0.4, -0.2) is 20.6 Å². The first-order valence-electron chi connectivity index (χ1n) is 4.73. The highest BCUT2D eigenvalue weighted by atomic mass is 19.1. The average Bonchev–Trinajstić information content (AvgIpc) is 2.16. The summed E-state index contributed by atoms with van der Waals surface area (Å²) in [5, 5.41) is 0. The van der Waals surface area contributed by atoms with Crippen LogP contribution in [0, 0.1) is 5.82 Å². The fraction of sp³-hybridized carbons (Fsp3) is 0.455. The minimum atomic E-state index is -0.207. The third-order valence-electron chi connectivity index (χ3n) is 2.36. The van der Waals surface area contributed by atoms with Crippen molar-refractivity contribution < 1.29 is 4.39 Å². The van der Waals surface area contributed by atoms with Crippen LogP contribution in [0.3, 0.4) is 0 Å². The van der Waals surface area contributed by atoms with E-state index in [1.807, 2.05) is 32.0 Å².